The summed E-state index contributed by atoms with van der Waals surface area (Å²) in [4.78, 5) is 24.4. The third-order valence-electron chi connectivity index (χ3n) is 6.00. The number of hydrogen-bond acceptors (Lipinski definition) is 8. The van der Waals surface area contributed by atoms with Crippen LogP contribution in [0.25, 0.3) is 0 Å². The van der Waals surface area contributed by atoms with Crippen molar-refractivity contribution in [1.82, 2.24) is 14.2 Å². The van der Waals surface area contributed by atoms with Gasteiger partial charge in [-0.1, -0.05) is 22.0 Å². The van der Waals surface area contributed by atoms with Crippen molar-refractivity contribution in [3.05, 3.63) is 61.9 Å². The molecule has 0 bridgehead atoms. The van der Waals surface area contributed by atoms with Gasteiger partial charge in [0.1, 0.15) is 11.9 Å². The Labute approximate surface area is 209 Å². The molecule has 1 atom stereocenters. The largest absolute Gasteiger partial charge is 0.463 e. The minimum Gasteiger partial charge on any atom is -0.463 e. The Hall–Kier alpha value is -2.15. The van der Waals surface area contributed by atoms with Gasteiger partial charge in [-0.15, -0.1) is 11.3 Å². The van der Waals surface area contributed by atoms with E-state index in [1.165, 1.54) is 27.8 Å². The molecular formula is C22H22BrFN4O4S2. The number of halogens is 2. The van der Waals surface area contributed by atoms with Crippen molar-refractivity contribution in [2.45, 2.75) is 31.1 Å². The number of thiazole rings is 1. The van der Waals surface area contributed by atoms with Gasteiger partial charge < -0.3 is 9.64 Å². The smallest absolute Gasteiger partial charge is 0.338 e. The van der Waals surface area contributed by atoms with Crippen molar-refractivity contribution in [3.63, 3.8) is 0 Å². The van der Waals surface area contributed by atoms with Crippen LogP contribution in [0.4, 0.5) is 4.39 Å². The minimum atomic E-state index is -3.46. The second-order valence-electron chi connectivity index (χ2n) is 8.17. The summed E-state index contributed by atoms with van der Waals surface area (Å²) in [5, 5.41) is 2.13. The summed E-state index contributed by atoms with van der Waals surface area (Å²) < 4.78 is 47.3. The molecule has 8 nitrogen and oxygen atoms in total. The Bertz CT molecular complexity index is 1290. The Balaban J connectivity index is 1.68. The quantitative estimate of drug-likeness (QED) is 0.495. The van der Waals surface area contributed by atoms with Gasteiger partial charge in [-0.3, -0.25) is 4.99 Å². The van der Waals surface area contributed by atoms with Crippen LogP contribution in [0, 0.1) is 5.82 Å². The number of piperazine rings is 1. The average molecular weight is 569 g/mol. The molecule has 2 aliphatic heterocycles. The van der Waals surface area contributed by atoms with E-state index in [9.17, 15) is 17.6 Å². The van der Waals surface area contributed by atoms with Crippen molar-refractivity contribution in [2.75, 3.05) is 26.2 Å². The molecule has 1 aliphatic carbocycles. The van der Waals surface area contributed by atoms with Crippen LogP contribution in [-0.4, -0.2) is 65.9 Å². The summed E-state index contributed by atoms with van der Waals surface area (Å²) in [5.41, 5.74) is 1.35. The molecule has 1 saturated heterocycles. The minimum absolute atomic E-state index is 0.0344. The van der Waals surface area contributed by atoms with Gasteiger partial charge in [-0.2, -0.15) is 4.31 Å². The number of benzene rings is 1. The molecule has 0 spiro atoms. The van der Waals surface area contributed by atoms with Crippen molar-refractivity contribution >= 4 is 49.1 Å². The maximum Gasteiger partial charge on any atom is 0.338 e. The summed E-state index contributed by atoms with van der Waals surface area (Å²) in [6.45, 7) is 2.52. The number of amidine groups is 1. The number of rotatable bonds is 6. The van der Waals surface area contributed by atoms with Crippen LogP contribution in [0.1, 0.15) is 36.4 Å². The van der Waals surface area contributed by atoms with Crippen LogP contribution in [-0.2, 0) is 19.6 Å². The van der Waals surface area contributed by atoms with E-state index in [1.54, 1.807) is 19.2 Å². The van der Waals surface area contributed by atoms with E-state index in [-0.39, 0.29) is 30.5 Å². The number of aromatic nitrogens is 1. The number of esters is 1. The molecule has 1 aromatic carbocycles. The van der Waals surface area contributed by atoms with Crippen molar-refractivity contribution < 1.29 is 22.3 Å². The Kier molecular flexibility index (Phi) is 6.34. The Morgan fingerprint density at radius 3 is 2.76 bits per heavy atom. The number of aliphatic imine (C=N–C) groups is 1. The first kappa shape index (κ1) is 23.6. The highest BCUT2D eigenvalue weighted by Crippen LogP contribution is 2.41. The Morgan fingerprint density at radius 2 is 2.12 bits per heavy atom. The highest BCUT2D eigenvalue weighted by Gasteiger charge is 2.46. The lowest BCUT2D eigenvalue weighted by Crippen LogP contribution is -2.52. The lowest BCUT2D eigenvalue weighted by molar-refractivity contribution is -0.139. The molecule has 0 unspecified atom stereocenters. The highest BCUT2D eigenvalue weighted by molar-refractivity contribution is 9.10. The Morgan fingerprint density at radius 1 is 1.32 bits per heavy atom. The maximum absolute atomic E-state index is 13.9. The van der Waals surface area contributed by atoms with Crippen LogP contribution in [0.5, 0.6) is 0 Å². The first-order chi connectivity index (χ1) is 16.3. The molecule has 1 aromatic heterocycles. The molecule has 3 aliphatic rings. The average Bonchev–Trinajstić information content (AvgIpc) is 3.54. The molecule has 0 N–H and O–H groups in total. The van der Waals surface area contributed by atoms with Crippen molar-refractivity contribution in [2.24, 2.45) is 4.99 Å². The van der Waals surface area contributed by atoms with E-state index in [0.717, 1.165) is 0 Å². The van der Waals surface area contributed by atoms with Crippen molar-refractivity contribution in [3.8, 4) is 0 Å². The number of fused-ring (bicyclic) bond motifs is 1. The zero-order chi connectivity index (χ0) is 24.0. The fourth-order valence-electron chi connectivity index (χ4n) is 4.24. The molecule has 34 heavy (non-hydrogen) atoms. The number of ether oxygens (including phenoxy) is 1. The molecular weight excluding hydrogens is 547 g/mol. The maximum atomic E-state index is 13.9. The zero-order valence-corrected chi connectivity index (χ0v) is 21.5. The highest BCUT2D eigenvalue weighted by atomic mass is 79.9. The molecule has 2 fully saturated rings. The van der Waals surface area contributed by atoms with Crippen LogP contribution in [0.3, 0.4) is 0 Å². The third kappa shape index (κ3) is 4.21. The number of carbonyl (C=O) groups excluding carboxylic acids is 1. The van der Waals surface area contributed by atoms with Gasteiger partial charge >= 0.3 is 5.97 Å². The summed E-state index contributed by atoms with van der Waals surface area (Å²) in [6.07, 6.45) is 2.98. The predicted molar refractivity (Wildman–Crippen MR) is 129 cm³/mol. The van der Waals surface area contributed by atoms with E-state index in [4.69, 9.17) is 9.73 Å². The lowest BCUT2D eigenvalue weighted by atomic mass is 9.94. The molecule has 12 heteroatoms. The SMILES string of the molecule is CCOC(=O)C1=C2CN(S(=O)(=O)C3CC3)CCN2C(c2nccs2)=N[C@H]1c1ccc(F)cc1Br. The number of carbonyl (C=O) groups is 1. The summed E-state index contributed by atoms with van der Waals surface area (Å²) in [6, 6.07) is 3.38. The monoisotopic (exact) mass is 568 g/mol. The number of sulfonamides is 1. The van der Waals surface area contributed by atoms with Gasteiger partial charge in [-0.05, 0) is 37.5 Å². The normalized spacial score (nSPS) is 21.3. The van der Waals surface area contributed by atoms with E-state index in [1.807, 2.05) is 10.3 Å². The van der Waals surface area contributed by atoms with Crippen LogP contribution >= 0.6 is 27.3 Å². The molecule has 5 rings (SSSR count). The predicted octanol–water partition coefficient (Wildman–Crippen LogP) is 3.47. The second-order valence-corrected chi connectivity index (χ2v) is 12.1. The topological polar surface area (TPSA) is 92.2 Å². The van der Waals surface area contributed by atoms with Crippen LogP contribution < -0.4 is 0 Å². The van der Waals surface area contributed by atoms with Gasteiger partial charge in [0.25, 0.3) is 0 Å². The van der Waals surface area contributed by atoms with Crippen molar-refractivity contribution in [1.29, 1.82) is 0 Å². The van der Waals surface area contributed by atoms with Crippen LogP contribution in [0.2, 0.25) is 0 Å². The molecule has 0 amide bonds. The fraction of sp³-hybridized carbons (Fsp3) is 0.409. The second kappa shape index (κ2) is 9.14. The van der Waals surface area contributed by atoms with Crippen LogP contribution in [0.15, 0.2) is 50.5 Å². The number of hydrogen-bond donors (Lipinski definition) is 0. The van der Waals surface area contributed by atoms with Gasteiger partial charge in [0.05, 0.1) is 24.0 Å². The van der Waals surface area contributed by atoms with E-state index < -0.39 is 27.9 Å². The molecule has 3 heterocycles. The van der Waals surface area contributed by atoms with E-state index in [0.29, 0.717) is 46.0 Å². The number of nitrogens with zero attached hydrogens (tertiary/aromatic N) is 4. The summed E-state index contributed by atoms with van der Waals surface area (Å²) >= 11 is 4.81. The zero-order valence-electron chi connectivity index (χ0n) is 18.3. The fourth-order valence-corrected chi connectivity index (χ4v) is 7.24. The van der Waals surface area contributed by atoms with Gasteiger partial charge in [0.15, 0.2) is 10.8 Å². The standard InChI is InChI=1S/C22H22BrFN4O4S2/c1-2-32-22(29)18-17-12-27(34(30,31)14-4-5-14)8-9-28(17)20(21-25-7-10-33-21)26-19(18)15-6-3-13(24)11-16(15)23/h3,6-7,10-11,14,19H,2,4-5,8-9,12H2,1H3/t19-/m0/s1. The lowest BCUT2D eigenvalue weighted by Gasteiger charge is -2.42. The van der Waals surface area contributed by atoms with E-state index in [2.05, 4.69) is 20.9 Å². The van der Waals surface area contributed by atoms with Gasteiger partial charge in [-0.25, -0.2) is 22.6 Å². The van der Waals surface area contributed by atoms with E-state index >= 15 is 0 Å². The first-order valence-electron chi connectivity index (χ1n) is 10.9. The van der Waals surface area contributed by atoms with Gasteiger partial charge in [0.2, 0.25) is 10.0 Å². The summed E-state index contributed by atoms with van der Waals surface area (Å²) in [7, 11) is -3.46. The first-order valence-corrected chi connectivity index (χ1v) is 14.1. The molecule has 1 saturated carbocycles. The molecule has 2 aromatic rings. The van der Waals surface area contributed by atoms with Gasteiger partial charge in [0, 0.05) is 34.8 Å². The third-order valence-corrected chi connectivity index (χ3v) is 9.80. The molecule has 180 valence electrons. The summed E-state index contributed by atoms with van der Waals surface area (Å²) in [5.74, 6) is -0.444. The molecule has 0 radical (unpaired) electrons.